The molecule has 15 nitrogen and oxygen atoms in total. The van der Waals surface area contributed by atoms with Crippen molar-refractivity contribution in [2.45, 2.75) is 27.7 Å². The van der Waals surface area contributed by atoms with Gasteiger partial charge in [0.25, 0.3) is 5.91 Å². The number of hydroxylamine groups is 2. The highest BCUT2D eigenvalue weighted by molar-refractivity contribution is 9.11. The number of thiazole rings is 1. The van der Waals surface area contributed by atoms with Crippen molar-refractivity contribution in [1.82, 2.24) is 35.0 Å². The van der Waals surface area contributed by atoms with Gasteiger partial charge in [-0.2, -0.15) is 0 Å². The smallest absolute Gasteiger partial charge is 0.335 e. The van der Waals surface area contributed by atoms with Gasteiger partial charge < -0.3 is 15.6 Å². The third kappa shape index (κ3) is 32.5. The van der Waals surface area contributed by atoms with Crippen molar-refractivity contribution >= 4 is 177 Å². The molecule has 6 aromatic heterocycles. The van der Waals surface area contributed by atoms with Crippen molar-refractivity contribution < 1.29 is 33.9 Å². The number of rotatable bonds is 8. The molecule has 0 radical (unpaired) electrons. The Morgan fingerprint density at radius 3 is 1.43 bits per heavy atom. The van der Waals surface area contributed by atoms with Crippen LogP contribution in [0.4, 0.5) is 0 Å². The number of halogens is 8. The van der Waals surface area contributed by atoms with Crippen molar-refractivity contribution in [2.75, 3.05) is 33.2 Å². The van der Waals surface area contributed by atoms with E-state index in [4.69, 9.17) is 15.7 Å². The lowest BCUT2D eigenvalue weighted by atomic mass is 10.2. The highest BCUT2D eigenvalue weighted by atomic mass is 79.9. The van der Waals surface area contributed by atoms with E-state index in [1.54, 1.807) is 93.6 Å². The molecule has 0 bridgehead atoms. The number of Topliss-reactive ketones (excluding diaryl/α,β-unsaturated/α-hetero) is 2. The highest BCUT2D eigenvalue weighted by Gasteiger charge is 2.11. The zero-order valence-electron chi connectivity index (χ0n) is 36.7. The van der Waals surface area contributed by atoms with Crippen molar-refractivity contribution in [3.63, 3.8) is 0 Å². The Bertz CT molecular complexity index is 2370. The maximum atomic E-state index is 11.5. The molecule has 6 aromatic rings. The number of aryl methyl sites for hydroxylation is 1. The van der Waals surface area contributed by atoms with Crippen LogP contribution >= 0.6 is 149 Å². The topological polar surface area (TPSA) is 214 Å². The van der Waals surface area contributed by atoms with E-state index in [0.29, 0.717) is 45.4 Å². The lowest BCUT2D eigenvalue weighted by molar-refractivity contribution is -0.0757. The molecule has 67 heavy (non-hydrogen) atoms. The third-order valence-corrected chi connectivity index (χ3v) is 10.2. The Kier molecular flexibility index (Phi) is 40.7. The van der Waals surface area contributed by atoms with Gasteiger partial charge in [0.05, 0.1) is 33.7 Å². The Morgan fingerprint density at radius 1 is 0.731 bits per heavy atom. The fourth-order valence-corrected chi connectivity index (χ4v) is 6.44. The van der Waals surface area contributed by atoms with Crippen molar-refractivity contribution in [1.29, 1.82) is 0 Å². The first-order valence-electron chi connectivity index (χ1n) is 18.1. The number of methoxy groups -OCH3 is 1. The predicted octanol–water partition coefficient (Wildman–Crippen LogP) is 12.7. The van der Waals surface area contributed by atoms with Crippen LogP contribution in [0.5, 0.6) is 0 Å². The average molecular weight is 1430 g/mol. The van der Waals surface area contributed by atoms with Crippen LogP contribution in [-0.4, -0.2) is 102 Å². The summed E-state index contributed by atoms with van der Waals surface area (Å²) in [7, 11) is 4.67. The fourth-order valence-electron chi connectivity index (χ4n) is 3.67. The SMILES string of the molecule is Br.CC(=O)c1ccnc(Br)c1.CC(N)=S.CCOC.CON(C)C(=O)c1ccnc(Br)c1.Cc1nc(-c2ccnc(Br)c2)cs1.Cl.O=C(CBr)c1ccnc(Br)c1.O=C(O)c1ccnc(Br)c1. The number of amides is 1. The summed E-state index contributed by atoms with van der Waals surface area (Å²) in [6.07, 6.45) is 7.96. The standard InChI is InChI=1S/C9H7BrN2S.C8H9BrN2O2.C7H5Br2NO.C7H6BrNO.C6H4BrNO2.C3H8O.C2H5NS.BrH.ClH/c1-6-12-8(5-13-6)7-2-3-11-9(10)4-7;1-11(13-2)8(12)6-3-4-10-7(9)5-6;8-4-6(11)5-1-2-10-7(9)3-5;1-5(10)6-2-3-9-7(8)4-6;7-5-3-4(6(9)10)1-2-8-5;1-3-4-2;1-2(3)4;;/h2-5H,1H3;3-5H,1-2H3;1-3H,4H2;2-4H,1H3;1-3H,(H,9,10);3H2,1-2H3;1H3,(H2,3,4);2*1H. The molecule has 0 saturated heterocycles. The number of hydrogen-bond acceptors (Lipinski definition) is 14. The van der Waals surface area contributed by atoms with Crippen LogP contribution in [0.2, 0.25) is 0 Å². The number of alkyl halides is 1. The van der Waals surface area contributed by atoms with E-state index in [-0.39, 0.29) is 52.4 Å². The van der Waals surface area contributed by atoms with Gasteiger partial charge in [0.2, 0.25) is 0 Å². The number of carbonyl (C=O) groups excluding carboxylic acids is 3. The normalized spacial score (nSPS) is 9.09. The Morgan fingerprint density at radius 2 is 1.10 bits per heavy atom. The van der Waals surface area contributed by atoms with Gasteiger partial charge in [-0.25, -0.2) is 39.8 Å². The van der Waals surface area contributed by atoms with Crippen LogP contribution in [0, 0.1) is 6.92 Å². The molecule has 0 atom stereocenters. The van der Waals surface area contributed by atoms with Crippen molar-refractivity contribution in [3.8, 4) is 11.3 Å². The summed E-state index contributed by atoms with van der Waals surface area (Å²) >= 11 is 25.0. The Balaban J connectivity index is -0.000000731. The van der Waals surface area contributed by atoms with E-state index < -0.39 is 5.97 Å². The van der Waals surface area contributed by atoms with E-state index in [9.17, 15) is 19.2 Å². The molecule has 3 N–H and O–H groups in total. The van der Waals surface area contributed by atoms with Gasteiger partial charge in [0.1, 0.15) is 23.0 Å². The van der Waals surface area contributed by atoms with E-state index in [0.717, 1.165) is 32.5 Å². The van der Waals surface area contributed by atoms with Gasteiger partial charge in [-0.1, -0.05) is 28.1 Å². The monoisotopic (exact) mass is 1430 g/mol. The van der Waals surface area contributed by atoms with Crippen molar-refractivity contribution in [2.24, 2.45) is 5.73 Å². The van der Waals surface area contributed by atoms with E-state index >= 15 is 0 Å². The molecule has 0 aliphatic carbocycles. The minimum atomic E-state index is -0.942. The van der Waals surface area contributed by atoms with Crippen molar-refractivity contribution in [3.05, 3.63) is 147 Å². The maximum Gasteiger partial charge on any atom is 0.335 e. The summed E-state index contributed by atoms with van der Waals surface area (Å²) in [6, 6.07) is 16.8. The predicted molar refractivity (Wildman–Crippen MR) is 297 cm³/mol. The summed E-state index contributed by atoms with van der Waals surface area (Å²) < 4.78 is 7.93. The number of carboxylic acids is 1. The van der Waals surface area contributed by atoms with Gasteiger partial charge in [-0.3, -0.25) is 19.2 Å². The number of aromatic carboxylic acids is 1. The molecule has 0 unspecified atom stereocenters. The highest BCUT2D eigenvalue weighted by Crippen LogP contribution is 2.23. The van der Waals surface area contributed by atoms with E-state index in [2.05, 4.69) is 148 Å². The van der Waals surface area contributed by atoms with E-state index in [1.165, 1.54) is 32.4 Å². The van der Waals surface area contributed by atoms with Crippen LogP contribution in [0.3, 0.4) is 0 Å². The Hall–Kier alpha value is -2.88. The first kappa shape index (κ1) is 68.4. The number of carboxylic acid groups (broad SMARTS) is 1. The molecule has 1 amide bonds. The molecule has 0 fully saturated rings. The lowest BCUT2D eigenvalue weighted by Gasteiger charge is -2.13. The number of pyridine rings is 5. The lowest BCUT2D eigenvalue weighted by Crippen LogP contribution is -2.25. The molecular formula is C42H46Br7ClN8O7S2. The minimum Gasteiger partial charge on any atom is -0.478 e. The van der Waals surface area contributed by atoms with Crippen LogP contribution in [0.15, 0.2) is 120 Å². The summed E-state index contributed by atoms with van der Waals surface area (Å²) in [6.45, 7) is 7.99. The number of aromatic nitrogens is 6. The zero-order chi connectivity index (χ0) is 49.5. The maximum absolute atomic E-state index is 11.5. The number of carbonyl (C=O) groups is 4. The molecule has 364 valence electrons. The molecule has 0 aliphatic rings. The summed E-state index contributed by atoms with van der Waals surface area (Å²) in [5.41, 5.74) is 9.09. The van der Waals surface area contributed by atoms with Crippen LogP contribution in [0.25, 0.3) is 11.3 Å². The molecule has 25 heteroatoms. The molecular weight excluding hydrogens is 1390 g/mol. The number of thiocarbonyl (C=S) groups is 1. The van der Waals surface area contributed by atoms with Crippen LogP contribution in [0.1, 0.15) is 67.2 Å². The van der Waals surface area contributed by atoms with Crippen LogP contribution in [-0.2, 0) is 9.57 Å². The van der Waals surface area contributed by atoms with Gasteiger partial charge in [0, 0.05) is 79.4 Å². The number of ether oxygens (including phenoxy) is 1. The summed E-state index contributed by atoms with van der Waals surface area (Å²) in [5.74, 6) is -1.02. The molecule has 0 saturated carbocycles. The fraction of sp³-hybridized carbons (Fsp3) is 0.214. The second kappa shape index (κ2) is 39.9. The van der Waals surface area contributed by atoms with E-state index in [1.807, 2.05) is 26.0 Å². The molecule has 0 aliphatic heterocycles. The third-order valence-electron chi connectivity index (χ3n) is 6.74. The molecule has 6 rings (SSSR count). The largest absolute Gasteiger partial charge is 0.478 e. The summed E-state index contributed by atoms with van der Waals surface area (Å²) in [5, 5.41) is 13.1. The first-order chi connectivity index (χ1) is 30.7. The number of ketones is 2. The van der Waals surface area contributed by atoms with Gasteiger partial charge >= 0.3 is 5.97 Å². The minimum absolute atomic E-state index is 0. The van der Waals surface area contributed by atoms with Gasteiger partial charge in [-0.05, 0) is 168 Å². The average Bonchev–Trinajstić information content (AvgIpc) is 3.72. The van der Waals surface area contributed by atoms with Crippen LogP contribution < -0.4 is 5.73 Å². The molecule has 0 aromatic carbocycles. The number of hydrogen-bond donors (Lipinski definition) is 2. The first-order valence-corrected chi connectivity index (χ1v) is 24.5. The molecule has 6 heterocycles. The second-order valence-electron chi connectivity index (χ2n) is 11.7. The Labute approximate surface area is 466 Å². The van der Waals surface area contributed by atoms with Gasteiger partial charge in [-0.15, -0.1) is 40.7 Å². The molecule has 0 spiro atoms. The zero-order valence-corrected chi connectivity index (χ0v) is 50.3. The van der Waals surface area contributed by atoms with Gasteiger partial charge in [0.15, 0.2) is 11.6 Å². The number of nitrogens with zero attached hydrogens (tertiary/aromatic N) is 7. The second-order valence-corrected chi connectivity index (χ2v) is 18.0. The quantitative estimate of drug-likeness (QED) is 0.0477. The number of nitrogens with two attached hydrogens (primary N) is 1. The summed E-state index contributed by atoms with van der Waals surface area (Å²) in [4.78, 5) is 72.8.